The quantitative estimate of drug-likeness (QED) is 0.370. The average molecular weight is 184 g/mol. The topological polar surface area (TPSA) is 47.3 Å². The summed E-state index contributed by atoms with van der Waals surface area (Å²) in [6, 6.07) is 0. The Morgan fingerprint density at radius 2 is 2.00 bits per heavy atom. The van der Waals surface area contributed by atoms with Crippen molar-refractivity contribution >= 4 is 0 Å². The lowest BCUT2D eigenvalue weighted by Crippen LogP contribution is -2.75. The molecule has 0 aromatic rings. The number of ether oxygens (including phenoxy) is 1. The van der Waals surface area contributed by atoms with Gasteiger partial charge in [-0.3, -0.25) is 11.3 Å². The summed E-state index contributed by atoms with van der Waals surface area (Å²) in [5.74, 6) is 5.47. The number of hydrogen-bond donors (Lipinski definition) is 2. The van der Waals surface area contributed by atoms with Crippen molar-refractivity contribution in [2.45, 2.75) is 44.1 Å². The zero-order valence-corrected chi connectivity index (χ0v) is 8.44. The molecule has 3 heteroatoms. The minimum absolute atomic E-state index is 0.362. The van der Waals surface area contributed by atoms with E-state index in [1.807, 2.05) is 0 Å². The summed E-state index contributed by atoms with van der Waals surface area (Å²) in [7, 11) is 1.77. The molecule has 3 saturated carbocycles. The monoisotopic (exact) mass is 184 g/mol. The van der Waals surface area contributed by atoms with Crippen molar-refractivity contribution in [3.8, 4) is 0 Å². The number of nitrogens with two attached hydrogens (primary N) is 1. The zero-order chi connectivity index (χ0) is 9.36. The third-order valence-electron chi connectivity index (χ3n) is 3.75. The standard InChI is InChI=1S/C10H20N2O/c1-13-5-3-2-4-9-6-10(7-9,8-9)12-11/h12H,2-8,11H2,1H3. The second kappa shape index (κ2) is 3.23. The summed E-state index contributed by atoms with van der Waals surface area (Å²) in [4.78, 5) is 0. The highest BCUT2D eigenvalue weighted by molar-refractivity contribution is 5.21. The molecule has 3 aliphatic carbocycles. The Morgan fingerprint density at radius 3 is 2.54 bits per heavy atom. The molecule has 0 saturated heterocycles. The first-order valence-corrected chi connectivity index (χ1v) is 5.21. The van der Waals surface area contributed by atoms with Gasteiger partial charge in [-0.05, 0) is 37.5 Å². The van der Waals surface area contributed by atoms with Crippen molar-refractivity contribution < 1.29 is 4.74 Å². The first-order chi connectivity index (χ1) is 6.24. The van der Waals surface area contributed by atoms with Gasteiger partial charge in [-0.25, -0.2) is 0 Å². The van der Waals surface area contributed by atoms with Crippen molar-refractivity contribution in [2.24, 2.45) is 11.3 Å². The molecule has 0 aromatic heterocycles. The molecule has 0 aromatic carbocycles. The number of unbranched alkanes of at least 4 members (excludes halogenated alkanes) is 1. The van der Waals surface area contributed by atoms with Crippen LogP contribution >= 0.6 is 0 Å². The molecule has 3 N–H and O–H groups in total. The third kappa shape index (κ3) is 1.49. The second-order valence-corrected chi connectivity index (χ2v) is 4.90. The highest BCUT2D eigenvalue weighted by Crippen LogP contribution is 2.68. The molecule has 0 atom stereocenters. The minimum Gasteiger partial charge on any atom is -0.385 e. The fraction of sp³-hybridized carbons (Fsp3) is 1.00. The van der Waals surface area contributed by atoms with E-state index < -0.39 is 0 Å². The Hall–Kier alpha value is -0.120. The van der Waals surface area contributed by atoms with E-state index in [0.717, 1.165) is 6.61 Å². The van der Waals surface area contributed by atoms with Crippen LogP contribution in [0.4, 0.5) is 0 Å². The van der Waals surface area contributed by atoms with Crippen molar-refractivity contribution in [1.82, 2.24) is 5.43 Å². The first kappa shape index (κ1) is 9.44. The largest absolute Gasteiger partial charge is 0.385 e. The summed E-state index contributed by atoms with van der Waals surface area (Å²) >= 11 is 0. The molecule has 0 heterocycles. The van der Waals surface area contributed by atoms with E-state index in [2.05, 4.69) is 5.43 Å². The molecular weight excluding hydrogens is 164 g/mol. The van der Waals surface area contributed by atoms with Crippen LogP contribution in [-0.2, 0) is 4.74 Å². The van der Waals surface area contributed by atoms with Crippen LogP contribution in [0.5, 0.6) is 0 Å². The maximum absolute atomic E-state index is 5.47. The molecule has 3 nitrogen and oxygen atoms in total. The van der Waals surface area contributed by atoms with Crippen LogP contribution in [0, 0.1) is 5.41 Å². The van der Waals surface area contributed by atoms with Crippen LogP contribution in [0.25, 0.3) is 0 Å². The normalized spacial score (nSPS) is 41.1. The van der Waals surface area contributed by atoms with Crippen LogP contribution in [-0.4, -0.2) is 19.3 Å². The smallest absolute Gasteiger partial charge is 0.0462 e. The fourth-order valence-electron chi connectivity index (χ4n) is 3.16. The fourth-order valence-corrected chi connectivity index (χ4v) is 3.16. The second-order valence-electron chi connectivity index (χ2n) is 4.90. The summed E-state index contributed by atoms with van der Waals surface area (Å²) < 4.78 is 5.03. The summed E-state index contributed by atoms with van der Waals surface area (Å²) in [5, 5.41) is 0. The first-order valence-electron chi connectivity index (χ1n) is 5.21. The van der Waals surface area contributed by atoms with E-state index in [4.69, 9.17) is 10.6 Å². The van der Waals surface area contributed by atoms with E-state index >= 15 is 0 Å². The summed E-state index contributed by atoms with van der Waals surface area (Å²) in [5.41, 5.74) is 3.99. The van der Waals surface area contributed by atoms with Crippen LogP contribution in [0.15, 0.2) is 0 Å². The van der Waals surface area contributed by atoms with Gasteiger partial charge in [0.25, 0.3) is 0 Å². The van der Waals surface area contributed by atoms with E-state index in [9.17, 15) is 0 Å². The third-order valence-corrected chi connectivity index (χ3v) is 3.75. The lowest BCUT2D eigenvalue weighted by molar-refractivity contribution is -0.160. The Morgan fingerprint density at radius 1 is 1.31 bits per heavy atom. The molecule has 76 valence electrons. The van der Waals surface area contributed by atoms with Crippen LogP contribution in [0.2, 0.25) is 0 Å². The summed E-state index contributed by atoms with van der Waals surface area (Å²) in [6.45, 7) is 0.913. The van der Waals surface area contributed by atoms with Crippen molar-refractivity contribution in [3.05, 3.63) is 0 Å². The molecule has 0 unspecified atom stereocenters. The number of hydrogen-bond acceptors (Lipinski definition) is 3. The zero-order valence-electron chi connectivity index (χ0n) is 8.44. The van der Waals surface area contributed by atoms with E-state index in [-0.39, 0.29) is 0 Å². The molecule has 3 aliphatic rings. The maximum atomic E-state index is 5.47. The van der Waals surface area contributed by atoms with Gasteiger partial charge in [0.05, 0.1) is 0 Å². The number of rotatable bonds is 6. The lowest BCUT2D eigenvalue weighted by Gasteiger charge is -2.70. The molecule has 13 heavy (non-hydrogen) atoms. The molecule has 0 aliphatic heterocycles. The lowest BCUT2D eigenvalue weighted by atomic mass is 9.38. The van der Waals surface area contributed by atoms with Gasteiger partial charge in [-0.15, -0.1) is 0 Å². The summed E-state index contributed by atoms with van der Waals surface area (Å²) in [6.07, 6.45) is 7.83. The predicted molar refractivity (Wildman–Crippen MR) is 52.1 cm³/mol. The molecule has 3 fully saturated rings. The Bertz CT molecular complexity index is 174. The van der Waals surface area contributed by atoms with Gasteiger partial charge in [-0.2, -0.15) is 0 Å². The van der Waals surface area contributed by atoms with Gasteiger partial charge in [0.1, 0.15) is 0 Å². The van der Waals surface area contributed by atoms with Gasteiger partial charge < -0.3 is 4.74 Å². The SMILES string of the molecule is COCCCCC12CC(NN)(C1)C2. The van der Waals surface area contributed by atoms with Gasteiger partial charge >= 0.3 is 0 Å². The predicted octanol–water partition coefficient (Wildman–Crippen LogP) is 1.19. The van der Waals surface area contributed by atoms with E-state index in [1.54, 1.807) is 7.11 Å². The minimum atomic E-state index is 0.362. The Kier molecular flexibility index (Phi) is 2.34. The molecule has 2 bridgehead atoms. The Balaban J connectivity index is 1.59. The molecular formula is C10H20N2O. The number of methoxy groups -OCH3 is 1. The highest BCUT2D eigenvalue weighted by Gasteiger charge is 2.66. The average Bonchev–Trinajstić information content (AvgIpc) is 1.99. The van der Waals surface area contributed by atoms with Crippen LogP contribution < -0.4 is 11.3 Å². The van der Waals surface area contributed by atoms with Gasteiger partial charge in [0.2, 0.25) is 0 Å². The number of nitrogens with one attached hydrogen (secondary N) is 1. The van der Waals surface area contributed by atoms with Crippen LogP contribution in [0.3, 0.4) is 0 Å². The van der Waals surface area contributed by atoms with Crippen molar-refractivity contribution in [1.29, 1.82) is 0 Å². The molecule has 3 rings (SSSR count). The van der Waals surface area contributed by atoms with E-state index in [0.29, 0.717) is 11.0 Å². The van der Waals surface area contributed by atoms with Gasteiger partial charge in [-0.1, -0.05) is 6.42 Å². The van der Waals surface area contributed by atoms with Gasteiger partial charge in [0, 0.05) is 19.3 Å². The molecule has 0 amide bonds. The molecule has 0 radical (unpaired) electrons. The van der Waals surface area contributed by atoms with Crippen molar-refractivity contribution in [3.63, 3.8) is 0 Å². The van der Waals surface area contributed by atoms with E-state index in [1.165, 1.54) is 38.5 Å². The number of hydrazine groups is 1. The van der Waals surface area contributed by atoms with Crippen molar-refractivity contribution in [2.75, 3.05) is 13.7 Å². The maximum Gasteiger partial charge on any atom is 0.0462 e. The Labute approximate surface area is 80.0 Å². The van der Waals surface area contributed by atoms with Gasteiger partial charge in [0.15, 0.2) is 0 Å². The van der Waals surface area contributed by atoms with Crippen LogP contribution in [0.1, 0.15) is 38.5 Å². The highest BCUT2D eigenvalue weighted by atomic mass is 16.5. The molecule has 0 spiro atoms.